The minimum atomic E-state index is -0.440. The van der Waals surface area contributed by atoms with Gasteiger partial charge in [0.05, 0.1) is 20.3 Å². The van der Waals surface area contributed by atoms with E-state index in [-0.39, 0.29) is 0 Å². The summed E-state index contributed by atoms with van der Waals surface area (Å²) < 4.78 is 10.2. The number of carbonyl (C=O) groups excluding carboxylic acids is 1. The van der Waals surface area contributed by atoms with Crippen LogP contribution >= 0.6 is 0 Å². The van der Waals surface area contributed by atoms with E-state index in [4.69, 9.17) is 4.74 Å². The molecule has 5 heteroatoms. The van der Waals surface area contributed by atoms with Gasteiger partial charge in [-0.15, -0.1) is 0 Å². The van der Waals surface area contributed by atoms with Crippen molar-refractivity contribution in [2.75, 3.05) is 25.6 Å². The first-order valence-corrected chi connectivity index (χ1v) is 6.95. The van der Waals surface area contributed by atoms with E-state index in [1.54, 1.807) is 0 Å². The molecule has 2 rings (SSSR count). The van der Waals surface area contributed by atoms with Crippen molar-refractivity contribution in [2.45, 2.75) is 31.8 Å². The van der Waals surface area contributed by atoms with Gasteiger partial charge in [0.1, 0.15) is 0 Å². The summed E-state index contributed by atoms with van der Waals surface area (Å²) in [7, 11) is 1.36. The molecule has 0 aromatic heterocycles. The molecule has 2 N–H and O–H groups in total. The highest BCUT2D eigenvalue weighted by molar-refractivity contribution is 5.85. The van der Waals surface area contributed by atoms with Gasteiger partial charge in [0.2, 0.25) is 0 Å². The lowest BCUT2D eigenvalue weighted by atomic mass is 10.0. The van der Waals surface area contributed by atoms with E-state index in [0.717, 1.165) is 37.3 Å². The fourth-order valence-corrected chi connectivity index (χ4v) is 2.40. The van der Waals surface area contributed by atoms with Gasteiger partial charge in [-0.25, -0.2) is 4.79 Å². The minimum Gasteiger partial charge on any atom is -0.453 e. The van der Waals surface area contributed by atoms with Crippen molar-refractivity contribution in [1.29, 1.82) is 0 Å². The maximum Gasteiger partial charge on any atom is 0.411 e. The summed E-state index contributed by atoms with van der Waals surface area (Å²) in [4.78, 5) is 11.3. The number of ether oxygens (including phenoxy) is 2. The van der Waals surface area contributed by atoms with Crippen molar-refractivity contribution in [2.24, 2.45) is 0 Å². The Balaban J connectivity index is 1.93. The van der Waals surface area contributed by atoms with Crippen LogP contribution in [0.5, 0.6) is 0 Å². The van der Waals surface area contributed by atoms with E-state index in [1.807, 2.05) is 24.3 Å². The average Bonchev–Trinajstić information content (AvgIpc) is 2.46. The van der Waals surface area contributed by atoms with Gasteiger partial charge in [-0.1, -0.05) is 18.2 Å². The zero-order valence-corrected chi connectivity index (χ0v) is 12.0. The quantitative estimate of drug-likeness (QED) is 0.886. The van der Waals surface area contributed by atoms with Crippen LogP contribution in [-0.4, -0.2) is 38.5 Å². The Hall–Kier alpha value is -1.59. The molecule has 0 bridgehead atoms. The third kappa shape index (κ3) is 4.21. The number of carbonyl (C=O) groups is 1. The molecule has 2 unspecified atom stereocenters. The third-order valence-electron chi connectivity index (χ3n) is 3.41. The topological polar surface area (TPSA) is 59.6 Å². The normalized spacial score (nSPS) is 22.3. The first-order valence-electron chi connectivity index (χ1n) is 6.95. The molecular weight excluding hydrogens is 256 g/mol. The van der Waals surface area contributed by atoms with Crippen LogP contribution < -0.4 is 10.6 Å². The van der Waals surface area contributed by atoms with E-state index in [2.05, 4.69) is 22.3 Å². The van der Waals surface area contributed by atoms with E-state index >= 15 is 0 Å². The summed E-state index contributed by atoms with van der Waals surface area (Å²) in [5.74, 6) is 0. The maximum atomic E-state index is 11.3. The summed E-state index contributed by atoms with van der Waals surface area (Å²) in [6, 6.07) is 8.56. The first-order chi connectivity index (χ1) is 9.69. The highest BCUT2D eigenvalue weighted by Gasteiger charge is 2.18. The van der Waals surface area contributed by atoms with Gasteiger partial charge in [-0.2, -0.15) is 0 Å². The van der Waals surface area contributed by atoms with Crippen LogP contribution in [0.25, 0.3) is 0 Å². The lowest BCUT2D eigenvalue weighted by molar-refractivity contribution is 0.0483. The van der Waals surface area contributed by atoms with E-state index in [1.165, 1.54) is 7.11 Å². The van der Waals surface area contributed by atoms with Crippen LogP contribution in [0, 0.1) is 0 Å². The lowest BCUT2D eigenvalue weighted by Crippen LogP contribution is -2.47. The molecule has 2 atom stereocenters. The van der Waals surface area contributed by atoms with Gasteiger partial charge in [0.15, 0.2) is 0 Å². The number of methoxy groups -OCH3 is 1. The third-order valence-corrected chi connectivity index (χ3v) is 3.41. The predicted octanol–water partition coefficient (Wildman–Crippen LogP) is 2.17. The van der Waals surface area contributed by atoms with E-state index in [9.17, 15) is 4.79 Å². The van der Waals surface area contributed by atoms with Crippen molar-refractivity contribution in [1.82, 2.24) is 5.32 Å². The van der Waals surface area contributed by atoms with Crippen molar-refractivity contribution in [3.05, 3.63) is 29.8 Å². The van der Waals surface area contributed by atoms with Gasteiger partial charge >= 0.3 is 6.09 Å². The summed E-state index contributed by atoms with van der Waals surface area (Å²) in [5.41, 5.74) is 1.92. The van der Waals surface area contributed by atoms with Crippen LogP contribution in [0.4, 0.5) is 10.5 Å². The predicted molar refractivity (Wildman–Crippen MR) is 78.0 cm³/mol. The maximum absolute atomic E-state index is 11.3. The van der Waals surface area contributed by atoms with Gasteiger partial charge in [0.25, 0.3) is 0 Å². The van der Waals surface area contributed by atoms with Crippen molar-refractivity contribution < 1.29 is 14.3 Å². The molecule has 0 radical (unpaired) electrons. The molecule has 1 aliphatic heterocycles. The number of aryl methyl sites for hydroxylation is 1. The molecule has 1 aliphatic rings. The number of nitrogens with one attached hydrogen (secondary N) is 2. The average molecular weight is 278 g/mol. The Bertz CT molecular complexity index is 450. The zero-order chi connectivity index (χ0) is 14.4. The lowest BCUT2D eigenvalue weighted by Gasteiger charge is -2.29. The number of hydrogen-bond acceptors (Lipinski definition) is 4. The van der Waals surface area contributed by atoms with Crippen molar-refractivity contribution in [3.63, 3.8) is 0 Å². The highest BCUT2D eigenvalue weighted by atomic mass is 16.5. The van der Waals surface area contributed by atoms with Crippen LogP contribution in [0.1, 0.15) is 18.9 Å². The summed E-state index contributed by atoms with van der Waals surface area (Å²) >= 11 is 0. The minimum absolute atomic E-state index is 0.366. The van der Waals surface area contributed by atoms with Crippen LogP contribution in [0.15, 0.2) is 24.3 Å². The van der Waals surface area contributed by atoms with Crippen LogP contribution in [-0.2, 0) is 15.9 Å². The summed E-state index contributed by atoms with van der Waals surface area (Å²) in [6.07, 6.45) is 1.42. The largest absolute Gasteiger partial charge is 0.453 e. The number of rotatable bonds is 4. The Morgan fingerprint density at radius 3 is 3.00 bits per heavy atom. The number of morpholine rings is 1. The fraction of sp³-hybridized carbons (Fsp3) is 0.533. The molecule has 20 heavy (non-hydrogen) atoms. The summed E-state index contributed by atoms with van der Waals surface area (Å²) in [6.45, 7) is 3.65. The van der Waals surface area contributed by atoms with Gasteiger partial charge in [0, 0.05) is 17.8 Å². The van der Waals surface area contributed by atoms with Crippen molar-refractivity contribution in [3.8, 4) is 0 Å². The van der Waals surface area contributed by atoms with Gasteiger partial charge in [-0.05, 0) is 31.4 Å². The first kappa shape index (κ1) is 14.8. The Morgan fingerprint density at radius 2 is 2.25 bits per heavy atom. The second-order valence-electron chi connectivity index (χ2n) is 5.11. The molecule has 1 amide bonds. The molecule has 110 valence electrons. The molecule has 1 aromatic rings. The summed E-state index contributed by atoms with van der Waals surface area (Å²) in [5, 5.41) is 6.26. The number of para-hydroxylation sites is 1. The standard InChI is InChI=1S/C15H22N2O3/c1-11-9-20-10-13(16-11)8-7-12-5-3-4-6-14(12)17-15(18)19-2/h3-6,11,13,16H,7-10H2,1-2H3,(H,17,18). The Labute approximate surface area is 119 Å². The molecule has 0 spiro atoms. The monoisotopic (exact) mass is 278 g/mol. The van der Waals surface area contributed by atoms with Gasteiger partial charge in [-0.3, -0.25) is 5.32 Å². The number of benzene rings is 1. The fourth-order valence-electron chi connectivity index (χ4n) is 2.40. The SMILES string of the molecule is COC(=O)Nc1ccccc1CCC1COCC(C)N1. The smallest absolute Gasteiger partial charge is 0.411 e. The molecular formula is C15H22N2O3. The Kier molecular flexibility index (Phi) is 5.38. The molecule has 1 aromatic carbocycles. The molecule has 0 saturated carbocycles. The molecule has 1 fully saturated rings. The van der Waals surface area contributed by atoms with E-state index < -0.39 is 6.09 Å². The van der Waals surface area contributed by atoms with Crippen LogP contribution in [0.3, 0.4) is 0 Å². The number of amides is 1. The number of anilines is 1. The number of hydrogen-bond donors (Lipinski definition) is 2. The molecule has 0 aliphatic carbocycles. The Morgan fingerprint density at radius 1 is 1.45 bits per heavy atom. The second kappa shape index (κ2) is 7.26. The highest BCUT2D eigenvalue weighted by Crippen LogP contribution is 2.18. The second-order valence-corrected chi connectivity index (χ2v) is 5.11. The zero-order valence-electron chi connectivity index (χ0n) is 12.0. The molecule has 5 nitrogen and oxygen atoms in total. The van der Waals surface area contributed by atoms with E-state index in [0.29, 0.717) is 12.1 Å². The van der Waals surface area contributed by atoms with Gasteiger partial charge < -0.3 is 14.8 Å². The molecule has 1 heterocycles. The van der Waals surface area contributed by atoms with Crippen molar-refractivity contribution >= 4 is 11.8 Å². The molecule has 1 saturated heterocycles. The van der Waals surface area contributed by atoms with Crippen LogP contribution in [0.2, 0.25) is 0 Å².